The van der Waals surface area contributed by atoms with Crippen molar-refractivity contribution in [3.63, 3.8) is 0 Å². The lowest BCUT2D eigenvalue weighted by atomic mass is 10.1. The largest absolute Gasteiger partial charge is 0.356 e. The number of aryl methyl sites for hydroxylation is 1. The molecule has 0 radical (unpaired) electrons. The maximum atomic E-state index is 12.3. The third kappa shape index (κ3) is 6.92. The first kappa shape index (κ1) is 23.0. The number of non-ortho nitro benzene ring substituents is 1. The fourth-order valence-electron chi connectivity index (χ4n) is 4.15. The first-order valence-corrected chi connectivity index (χ1v) is 11.3. The Kier molecular flexibility index (Phi) is 8.63. The molecule has 170 valence electrons. The minimum absolute atomic E-state index is 0.134. The van der Waals surface area contributed by atoms with Crippen molar-refractivity contribution >= 4 is 17.6 Å². The number of piperazine rings is 1. The van der Waals surface area contributed by atoms with Gasteiger partial charge in [-0.15, -0.1) is 0 Å². The van der Waals surface area contributed by atoms with Gasteiger partial charge in [-0.25, -0.2) is 0 Å². The van der Waals surface area contributed by atoms with E-state index in [1.54, 1.807) is 12.1 Å². The number of nitrogens with zero attached hydrogens (tertiary/aromatic N) is 5. The van der Waals surface area contributed by atoms with Crippen LogP contribution in [0, 0.1) is 10.1 Å². The normalized spacial score (nSPS) is 17.8. The Morgan fingerprint density at radius 1 is 1.03 bits per heavy atom. The molecule has 0 aromatic heterocycles. The molecular weight excluding hydrogens is 396 g/mol. The summed E-state index contributed by atoms with van der Waals surface area (Å²) < 4.78 is 0. The summed E-state index contributed by atoms with van der Waals surface area (Å²) in [5.41, 5.74) is 1.25. The van der Waals surface area contributed by atoms with Gasteiger partial charge < -0.3 is 15.1 Å². The van der Waals surface area contributed by atoms with Gasteiger partial charge in [-0.05, 0) is 37.7 Å². The van der Waals surface area contributed by atoms with E-state index in [0.717, 1.165) is 89.4 Å². The van der Waals surface area contributed by atoms with E-state index in [1.807, 2.05) is 24.1 Å². The lowest BCUT2D eigenvalue weighted by Crippen LogP contribution is -2.54. The summed E-state index contributed by atoms with van der Waals surface area (Å²) in [7, 11) is 1.81. The molecule has 2 aliphatic heterocycles. The number of unbranched alkanes of at least 4 members (excludes halogenated alkanes) is 1. The molecule has 1 aromatic carbocycles. The van der Waals surface area contributed by atoms with Crippen molar-refractivity contribution < 1.29 is 9.72 Å². The SMILES string of the molecule is CN=C(NCCCCc1ccc([N+](=O)[O-])cc1)N1CCN(CC(=O)N2CCCC2)CC1. The Morgan fingerprint density at radius 3 is 2.32 bits per heavy atom. The highest BCUT2D eigenvalue weighted by Crippen LogP contribution is 2.13. The summed E-state index contributed by atoms with van der Waals surface area (Å²) >= 11 is 0. The van der Waals surface area contributed by atoms with E-state index in [9.17, 15) is 14.9 Å². The molecule has 9 nitrogen and oxygen atoms in total. The number of guanidine groups is 1. The number of nitrogens with one attached hydrogen (secondary N) is 1. The molecule has 0 spiro atoms. The molecule has 1 amide bonds. The molecule has 3 rings (SSSR count). The van der Waals surface area contributed by atoms with Gasteiger partial charge in [0.2, 0.25) is 5.91 Å². The summed E-state index contributed by atoms with van der Waals surface area (Å²) in [4.78, 5) is 33.6. The van der Waals surface area contributed by atoms with Crippen LogP contribution in [-0.2, 0) is 11.2 Å². The van der Waals surface area contributed by atoms with Crippen LogP contribution in [0.5, 0.6) is 0 Å². The van der Waals surface area contributed by atoms with Crippen LogP contribution in [0.4, 0.5) is 5.69 Å². The second kappa shape index (κ2) is 11.6. The minimum Gasteiger partial charge on any atom is -0.356 e. The number of aliphatic imine (C=N–C) groups is 1. The number of nitro benzene ring substituents is 1. The van der Waals surface area contributed by atoms with E-state index in [1.165, 1.54) is 0 Å². The molecule has 2 fully saturated rings. The highest BCUT2D eigenvalue weighted by Gasteiger charge is 2.24. The van der Waals surface area contributed by atoms with Crippen LogP contribution in [0.15, 0.2) is 29.3 Å². The smallest absolute Gasteiger partial charge is 0.269 e. The molecule has 2 aliphatic rings. The number of rotatable bonds is 8. The van der Waals surface area contributed by atoms with Gasteiger partial charge in [0.15, 0.2) is 5.96 Å². The predicted molar refractivity (Wildman–Crippen MR) is 121 cm³/mol. The average molecular weight is 431 g/mol. The number of carbonyl (C=O) groups is 1. The topological polar surface area (TPSA) is 94.3 Å². The highest BCUT2D eigenvalue weighted by atomic mass is 16.6. The number of carbonyl (C=O) groups excluding carboxylic acids is 1. The van der Waals surface area contributed by atoms with E-state index < -0.39 is 0 Å². The molecule has 2 heterocycles. The Morgan fingerprint density at radius 2 is 1.71 bits per heavy atom. The van der Waals surface area contributed by atoms with Crippen molar-refractivity contribution in [1.82, 2.24) is 20.0 Å². The third-order valence-corrected chi connectivity index (χ3v) is 6.02. The molecule has 0 unspecified atom stereocenters. The van der Waals surface area contributed by atoms with Crippen LogP contribution in [0.3, 0.4) is 0 Å². The summed E-state index contributed by atoms with van der Waals surface area (Å²) in [5, 5.41) is 14.2. The van der Waals surface area contributed by atoms with Crippen LogP contribution < -0.4 is 5.32 Å². The standard InChI is InChI=1S/C22H34N6O3/c1-23-22(24-11-3-2-6-19-7-9-20(10-8-19)28(30)31)27-16-14-25(15-17-27)18-21(29)26-12-4-5-13-26/h7-10H,2-6,11-18H2,1H3,(H,23,24). The molecule has 1 aromatic rings. The van der Waals surface area contributed by atoms with Gasteiger partial charge in [-0.1, -0.05) is 12.1 Å². The van der Waals surface area contributed by atoms with Crippen LogP contribution in [-0.4, -0.2) is 90.9 Å². The van der Waals surface area contributed by atoms with Gasteiger partial charge in [0, 0.05) is 65.0 Å². The zero-order valence-corrected chi connectivity index (χ0v) is 18.5. The molecule has 0 atom stereocenters. The van der Waals surface area contributed by atoms with Crippen molar-refractivity contribution in [2.75, 3.05) is 59.4 Å². The molecule has 0 aliphatic carbocycles. The van der Waals surface area contributed by atoms with Crippen LogP contribution >= 0.6 is 0 Å². The monoisotopic (exact) mass is 430 g/mol. The van der Waals surface area contributed by atoms with Crippen molar-refractivity contribution in [3.8, 4) is 0 Å². The molecule has 9 heteroatoms. The van der Waals surface area contributed by atoms with Gasteiger partial charge in [-0.3, -0.25) is 24.8 Å². The molecule has 0 bridgehead atoms. The molecular formula is C22H34N6O3. The Balaban J connectivity index is 1.31. The van der Waals surface area contributed by atoms with E-state index in [4.69, 9.17) is 0 Å². The maximum absolute atomic E-state index is 12.3. The fourth-order valence-corrected chi connectivity index (χ4v) is 4.15. The second-order valence-electron chi connectivity index (χ2n) is 8.21. The first-order valence-electron chi connectivity index (χ1n) is 11.3. The number of amides is 1. The van der Waals surface area contributed by atoms with Crippen molar-refractivity contribution in [3.05, 3.63) is 39.9 Å². The lowest BCUT2D eigenvalue weighted by Gasteiger charge is -2.36. The van der Waals surface area contributed by atoms with Crippen LogP contribution in [0.2, 0.25) is 0 Å². The molecule has 0 saturated carbocycles. The predicted octanol–water partition coefficient (Wildman–Crippen LogP) is 1.73. The molecule has 31 heavy (non-hydrogen) atoms. The molecule has 2 saturated heterocycles. The van der Waals surface area contributed by atoms with Gasteiger partial charge in [0.1, 0.15) is 0 Å². The lowest BCUT2D eigenvalue weighted by molar-refractivity contribution is -0.384. The minimum atomic E-state index is -0.370. The first-order chi connectivity index (χ1) is 15.1. The van der Waals surface area contributed by atoms with Gasteiger partial charge in [0.25, 0.3) is 5.69 Å². The average Bonchev–Trinajstić information content (AvgIpc) is 3.32. The van der Waals surface area contributed by atoms with Crippen LogP contribution in [0.25, 0.3) is 0 Å². The van der Waals surface area contributed by atoms with Gasteiger partial charge in [0.05, 0.1) is 11.5 Å². The van der Waals surface area contributed by atoms with Crippen molar-refractivity contribution in [1.29, 1.82) is 0 Å². The second-order valence-corrected chi connectivity index (χ2v) is 8.21. The fraction of sp³-hybridized carbons (Fsp3) is 0.636. The third-order valence-electron chi connectivity index (χ3n) is 6.02. The Labute approximate surface area is 184 Å². The quantitative estimate of drug-likeness (QED) is 0.222. The van der Waals surface area contributed by atoms with Gasteiger partial charge >= 0.3 is 0 Å². The number of hydrogen-bond donors (Lipinski definition) is 1. The number of benzene rings is 1. The zero-order chi connectivity index (χ0) is 22.1. The van der Waals surface area contributed by atoms with Crippen molar-refractivity contribution in [2.24, 2.45) is 4.99 Å². The number of hydrogen-bond acceptors (Lipinski definition) is 5. The summed E-state index contributed by atoms with van der Waals surface area (Å²) in [5.74, 6) is 1.18. The van der Waals surface area contributed by atoms with Gasteiger partial charge in [-0.2, -0.15) is 0 Å². The maximum Gasteiger partial charge on any atom is 0.269 e. The summed E-state index contributed by atoms with van der Waals surface area (Å²) in [6, 6.07) is 6.79. The highest BCUT2D eigenvalue weighted by molar-refractivity contribution is 5.80. The van der Waals surface area contributed by atoms with E-state index >= 15 is 0 Å². The number of nitro groups is 1. The van der Waals surface area contributed by atoms with E-state index in [2.05, 4.69) is 20.1 Å². The zero-order valence-electron chi connectivity index (χ0n) is 18.5. The molecule has 1 N–H and O–H groups in total. The summed E-state index contributed by atoms with van der Waals surface area (Å²) in [6.45, 7) is 6.70. The summed E-state index contributed by atoms with van der Waals surface area (Å²) in [6.07, 6.45) is 5.18. The van der Waals surface area contributed by atoms with E-state index in [0.29, 0.717) is 6.54 Å². The van der Waals surface area contributed by atoms with Crippen molar-refractivity contribution in [2.45, 2.75) is 32.1 Å². The Bertz CT molecular complexity index is 753. The van der Waals surface area contributed by atoms with Crippen LogP contribution in [0.1, 0.15) is 31.2 Å². The number of likely N-dealkylation sites (tertiary alicyclic amines) is 1. The Hall–Kier alpha value is -2.68. The van der Waals surface area contributed by atoms with E-state index in [-0.39, 0.29) is 16.5 Å².